The topological polar surface area (TPSA) is 90.4 Å². The van der Waals surface area contributed by atoms with E-state index in [2.05, 4.69) is 0 Å². The maximum absolute atomic E-state index is 14.2. The van der Waals surface area contributed by atoms with Crippen LogP contribution in [0.2, 0.25) is 0 Å². The van der Waals surface area contributed by atoms with Crippen LogP contribution < -0.4 is 0 Å². The Hall–Kier alpha value is -2.19. The molecule has 1 N–H and O–H groups in total. The Kier molecular flexibility index (Phi) is 7.44. The Bertz CT molecular complexity index is 901. The molecule has 8 heteroatoms. The normalized spacial score (nSPS) is 34.4. The molecule has 0 bridgehead atoms. The summed E-state index contributed by atoms with van der Waals surface area (Å²) in [4.78, 5) is 47.5. The van der Waals surface area contributed by atoms with Crippen molar-refractivity contribution in [3.63, 3.8) is 0 Å². The zero-order chi connectivity index (χ0) is 25.4. The second kappa shape index (κ2) is 10.1. The SMILES string of the molecule is CCCN1CC=C[C@@]2(CC)O[C@]34C=CCN(C(C)C)C(=O)C3N(CCCCCO)C(=O)[C@@H]4[C@H]2C1=O. The molecule has 4 heterocycles. The first kappa shape index (κ1) is 25.9. The number of nitrogens with zero attached hydrogens (tertiary/aromatic N) is 3. The molecular formula is C27H41N3O5. The number of hydrogen-bond acceptors (Lipinski definition) is 5. The van der Waals surface area contributed by atoms with Gasteiger partial charge in [-0.1, -0.05) is 38.2 Å². The van der Waals surface area contributed by atoms with Crippen molar-refractivity contribution in [1.82, 2.24) is 14.7 Å². The van der Waals surface area contributed by atoms with Crippen LogP contribution in [0.1, 0.15) is 59.8 Å². The highest BCUT2D eigenvalue weighted by Gasteiger charge is 2.75. The van der Waals surface area contributed by atoms with E-state index in [0.29, 0.717) is 45.4 Å². The molecule has 4 aliphatic heterocycles. The van der Waals surface area contributed by atoms with Gasteiger partial charge in [-0.25, -0.2) is 0 Å². The van der Waals surface area contributed by atoms with E-state index in [1.807, 2.05) is 56.9 Å². The first-order valence-electron chi connectivity index (χ1n) is 13.3. The number of fused-ring (bicyclic) bond motifs is 2. The lowest BCUT2D eigenvalue weighted by Crippen LogP contribution is -2.57. The Morgan fingerprint density at radius 2 is 1.71 bits per heavy atom. The molecule has 2 fully saturated rings. The Morgan fingerprint density at radius 3 is 2.37 bits per heavy atom. The van der Waals surface area contributed by atoms with Crippen LogP contribution in [0.3, 0.4) is 0 Å². The fourth-order valence-corrected chi connectivity index (χ4v) is 6.57. The highest BCUT2D eigenvalue weighted by Crippen LogP contribution is 2.58. The van der Waals surface area contributed by atoms with E-state index >= 15 is 0 Å². The molecular weight excluding hydrogens is 446 g/mol. The molecule has 0 saturated carbocycles. The number of hydrogen-bond donors (Lipinski definition) is 1. The molecule has 194 valence electrons. The van der Waals surface area contributed by atoms with Crippen LogP contribution in [-0.2, 0) is 19.1 Å². The molecule has 0 radical (unpaired) electrons. The molecule has 1 unspecified atom stereocenters. The van der Waals surface area contributed by atoms with Crippen molar-refractivity contribution in [1.29, 1.82) is 0 Å². The summed E-state index contributed by atoms with van der Waals surface area (Å²) in [7, 11) is 0. The maximum atomic E-state index is 14.2. The predicted molar refractivity (Wildman–Crippen MR) is 132 cm³/mol. The third-order valence-corrected chi connectivity index (χ3v) is 8.23. The van der Waals surface area contributed by atoms with Gasteiger partial charge in [-0.15, -0.1) is 0 Å². The van der Waals surface area contributed by atoms with E-state index in [1.165, 1.54) is 0 Å². The summed E-state index contributed by atoms with van der Waals surface area (Å²) in [5.74, 6) is -1.75. The summed E-state index contributed by atoms with van der Waals surface area (Å²) >= 11 is 0. The van der Waals surface area contributed by atoms with Gasteiger partial charge in [0.2, 0.25) is 17.7 Å². The van der Waals surface area contributed by atoms with Crippen LogP contribution in [0, 0.1) is 11.8 Å². The van der Waals surface area contributed by atoms with Gasteiger partial charge in [0.05, 0.1) is 17.4 Å². The molecule has 4 aliphatic rings. The van der Waals surface area contributed by atoms with Crippen molar-refractivity contribution in [2.75, 3.05) is 32.8 Å². The average molecular weight is 488 g/mol. The largest absolute Gasteiger partial charge is 0.396 e. The second-order valence-corrected chi connectivity index (χ2v) is 10.6. The molecule has 5 atom stereocenters. The number of carbonyl (C=O) groups excluding carboxylic acids is 3. The molecule has 8 nitrogen and oxygen atoms in total. The lowest BCUT2D eigenvalue weighted by molar-refractivity contribution is -0.155. The smallest absolute Gasteiger partial charge is 0.249 e. The van der Waals surface area contributed by atoms with Gasteiger partial charge in [0.25, 0.3) is 0 Å². The Balaban J connectivity index is 1.82. The van der Waals surface area contributed by atoms with Gasteiger partial charge in [0.15, 0.2) is 0 Å². The lowest BCUT2D eigenvalue weighted by Gasteiger charge is -2.39. The van der Waals surface area contributed by atoms with Crippen molar-refractivity contribution < 1.29 is 24.2 Å². The van der Waals surface area contributed by atoms with Gasteiger partial charge in [0, 0.05) is 38.8 Å². The van der Waals surface area contributed by atoms with Gasteiger partial charge in [0.1, 0.15) is 11.6 Å². The van der Waals surface area contributed by atoms with Crippen LogP contribution >= 0.6 is 0 Å². The molecule has 3 amide bonds. The van der Waals surface area contributed by atoms with Crippen LogP contribution in [-0.4, -0.2) is 93.6 Å². The van der Waals surface area contributed by atoms with E-state index in [-0.39, 0.29) is 30.4 Å². The molecule has 0 aliphatic carbocycles. The molecule has 4 rings (SSSR count). The Labute approximate surface area is 208 Å². The molecule has 0 aromatic rings. The van der Waals surface area contributed by atoms with Crippen LogP contribution in [0.15, 0.2) is 24.3 Å². The predicted octanol–water partition coefficient (Wildman–Crippen LogP) is 2.13. The summed E-state index contributed by atoms with van der Waals surface area (Å²) in [6.07, 6.45) is 11.3. The van der Waals surface area contributed by atoms with Gasteiger partial charge in [-0.3, -0.25) is 14.4 Å². The number of carbonyl (C=O) groups is 3. The van der Waals surface area contributed by atoms with E-state index in [9.17, 15) is 19.5 Å². The van der Waals surface area contributed by atoms with E-state index in [0.717, 1.165) is 12.8 Å². The summed E-state index contributed by atoms with van der Waals surface area (Å²) in [5.41, 5.74) is -2.09. The number of unbranched alkanes of at least 4 members (excludes halogenated alkanes) is 2. The lowest BCUT2D eigenvalue weighted by atomic mass is 9.73. The monoisotopic (exact) mass is 487 g/mol. The fraction of sp³-hybridized carbons (Fsp3) is 0.741. The second-order valence-electron chi connectivity index (χ2n) is 10.6. The minimum Gasteiger partial charge on any atom is -0.396 e. The van der Waals surface area contributed by atoms with Crippen molar-refractivity contribution in [3.8, 4) is 0 Å². The zero-order valence-electron chi connectivity index (χ0n) is 21.6. The summed E-state index contributed by atoms with van der Waals surface area (Å²) in [5, 5.41) is 9.19. The van der Waals surface area contributed by atoms with Crippen molar-refractivity contribution >= 4 is 17.7 Å². The highest BCUT2D eigenvalue weighted by atomic mass is 16.5. The van der Waals surface area contributed by atoms with Gasteiger partial charge in [-0.2, -0.15) is 0 Å². The Morgan fingerprint density at radius 1 is 0.971 bits per heavy atom. The van der Waals surface area contributed by atoms with E-state index in [4.69, 9.17) is 4.74 Å². The minimum atomic E-state index is -1.18. The van der Waals surface area contributed by atoms with Crippen LogP contribution in [0.4, 0.5) is 0 Å². The number of amides is 3. The first-order valence-corrected chi connectivity index (χ1v) is 13.3. The number of aliphatic hydroxyl groups is 1. The molecule has 35 heavy (non-hydrogen) atoms. The third-order valence-electron chi connectivity index (χ3n) is 8.23. The quantitative estimate of drug-likeness (QED) is 0.398. The third kappa shape index (κ3) is 4.02. The fourth-order valence-electron chi connectivity index (χ4n) is 6.57. The summed E-state index contributed by atoms with van der Waals surface area (Å²) < 4.78 is 6.93. The highest BCUT2D eigenvalue weighted by molar-refractivity contribution is 6.00. The molecule has 2 saturated heterocycles. The van der Waals surface area contributed by atoms with Gasteiger partial charge in [-0.05, 0) is 46.0 Å². The van der Waals surface area contributed by atoms with E-state index in [1.54, 1.807) is 9.80 Å². The number of ether oxygens (including phenoxy) is 1. The van der Waals surface area contributed by atoms with Crippen molar-refractivity contribution in [2.24, 2.45) is 11.8 Å². The van der Waals surface area contributed by atoms with Crippen LogP contribution in [0.5, 0.6) is 0 Å². The number of likely N-dealkylation sites (tertiary alicyclic amines) is 1. The first-order chi connectivity index (χ1) is 16.8. The van der Waals surface area contributed by atoms with Crippen molar-refractivity contribution in [2.45, 2.75) is 83.1 Å². The van der Waals surface area contributed by atoms with E-state index < -0.39 is 29.1 Å². The average Bonchev–Trinajstić information content (AvgIpc) is 3.11. The van der Waals surface area contributed by atoms with Gasteiger partial charge < -0.3 is 24.5 Å². The summed E-state index contributed by atoms with van der Waals surface area (Å²) in [6, 6.07) is -0.826. The number of aliphatic hydroxyl groups excluding tert-OH is 1. The molecule has 0 aromatic carbocycles. The standard InChI is InChI=1S/C27H41N3O5/c1-5-14-28-15-10-12-26(6-2)20(23(28)32)21-24(33)30(16-8-7-9-18-31)22-25(34)29(19(3)4)17-11-13-27(21,22)35-26/h10-13,19-22,31H,5-9,14-18H2,1-4H3/t20-,21-,22?,26+,27-/m0/s1. The molecule has 0 aromatic heterocycles. The number of rotatable bonds is 9. The summed E-state index contributed by atoms with van der Waals surface area (Å²) in [6.45, 7) is 10.1. The van der Waals surface area contributed by atoms with Crippen LogP contribution in [0.25, 0.3) is 0 Å². The maximum Gasteiger partial charge on any atom is 0.249 e. The minimum absolute atomic E-state index is 0.0266. The molecule has 1 spiro atoms. The van der Waals surface area contributed by atoms with Gasteiger partial charge >= 0.3 is 0 Å². The zero-order valence-corrected chi connectivity index (χ0v) is 21.6. The van der Waals surface area contributed by atoms with Crippen molar-refractivity contribution in [3.05, 3.63) is 24.3 Å².